The zero-order chi connectivity index (χ0) is 19.8. The molecule has 1 aromatic rings. The number of ether oxygens (including phenoxy) is 1. The number of rotatable bonds is 8. The second-order valence-corrected chi connectivity index (χ2v) is 5.81. The van der Waals surface area contributed by atoms with Gasteiger partial charge in [-0.2, -0.15) is 5.26 Å². The molecule has 0 aromatic heterocycles. The predicted molar refractivity (Wildman–Crippen MR) is 99.8 cm³/mol. The summed E-state index contributed by atoms with van der Waals surface area (Å²) in [6.07, 6.45) is 2.73. The first-order valence-electron chi connectivity index (χ1n) is 8.68. The van der Waals surface area contributed by atoms with Crippen molar-refractivity contribution in [2.45, 2.75) is 19.8 Å². The van der Waals surface area contributed by atoms with Crippen molar-refractivity contribution in [1.29, 1.82) is 5.26 Å². The molecule has 0 fully saturated rings. The molecule has 1 aliphatic heterocycles. The quantitative estimate of drug-likeness (QED) is 0.327. The maximum absolute atomic E-state index is 12.8. The SMILES string of the molecule is C=CC(=O)OCCNC(=O)C(C#N)=C1C(=O)c2ccccc2N1CCCC. The number of unbranched alkanes of at least 4 members (excludes halogenated alkanes) is 1. The van der Waals surface area contributed by atoms with Crippen LogP contribution in [0.1, 0.15) is 30.1 Å². The molecule has 1 N–H and O–H groups in total. The molecular weight excluding hydrogens is 346 g/mol. The van der Waals surface area contributed by atoms with E-state index >= 15 is 0 Å². The molecule has 1 amide bonds. The Morgan fingerprint density at radius 1 is 1.37 bits per heavy atom. The fraction of sp³-hybridized carbons (Fsp3) is 0.300. The number of nitriles is 1. The van der Waals surface area contributed by atoms with Gasteiger partial charge in [-0.3, -0.25) is 9.59 Å². The first-order chi connectivity index (χ1) is 13.0. The highest BCUT2D eigenvalue weighted by atomic mass is 16.5. The third-order valence-electron chi connectivity index (χ3n) is 4.03. The average Bonchev–Trinajstić information content (AvgIpc) is 2.96. The Kier molecular flexibility index (Phi) is 6.89. The summed E-state index contributed by atoms with van der Waals surface area (Å²) in [4.78, 5) is 38.0. The fourth-order valence-electron chi connectivity index (χ4n) is 2.74. The van der Waals surface area contributed by atoms with Gasteiger partial charge in [-0.05, 0) is 18.6 Å². The van der Waals surface area contributed by atoms with Gasteiger partial charge < -0.3 is 15.0 Å². The molecule has 1 heterocycles. The predicted octanol–water partition coefficient (Wildman–Crippen LogP) is 2.11. The van der Waals surface area contributed by atoms with E-state index in [0.29, 0.717) is 17.8 Å². The number of fused-ring (bicyclic) bond motifs is 1. The van der Waals surface area contributed by atoms with Gasteiger partial charge in [-0.15, -0.1) is 0 Å². The van der Waals surface area contributed by atoms with Crippen molar-refractivity contribution in [3.05, 3.63) is 53.8 Å². The highest BCUT2D eigenvalue weighted by Crippen LogP contribution is 2.36. The number of anilines is 1. The van der Waals surface area contributed by atoms with Crippen LogP contribution >= 0.6 is 0 Å². The van der Waals surface area contributed by atoms with Crippen LogP contribution in [0.4, 0.5) is 5.69 Å². The number of hydrogen-bond donors (Lipinski definition) is 1. The molecule has 0 spiro atoms. The zero-order valence-electron chi connectivity index (χ0n) is 15.2. The molecule has 0 bridgehead atoms. The maximum atomic E-state index is 12.8. The van der Waals surface area contributed by atoms with Crippen LogP contribution in [0.3, 0.4) is 0 Å². The van der Waals surface area contributed by atoms with E-state index in [9.17, 15) is 19.6 Å². The number of benzene rings is 1. The summed E-state index contributed by atoms with van der Waals surface area (Å²) in [5.41, 5.74) is 1.02. The molecule has 0 unspecified atom stereocenters. The number of para-hydroxylation sites is 1. The van der Waals surface area contributed by atoms with Crippen LogP contribution in [0, 0.1) is 11.3 Å². The summed E-state index contributed by atoms with van der Waals surface area (Å²) in [5, 5.41) is 12.0. The molecule has 2 rings (SSSR count). The lowest BCUT2D eigenvalue weighted by atomic mass is 10.1. The van der Waals surface area contributed by atoms with E-state index in [2.05, 4.69) is 11.9 Å². The standard InChI is InChI=1S/C20H21N3O4/c1-3-5-11-23-16-9-7-6-8-14(16)19(25)18(23)15(13-21)20(26)22-10-12-27-17(24)4-2/h4,6-9H,2-3,5,10-12H2,1H3,(H,22,26). The molecule has 0 atom stereocenters. The average molecular weight is 367 g/mol. The summed E-state index contributed by atoms with van der Waals surface area (Å²) in [6, 6.07) is 8.91. The monoisotopic (exact) mass is 367 g/mol. The summed E-state index contributed by atoms with van der Waals surface area (Å²) >= 11 is 0. The lowest BCUT2D eigenvalue weighted by Crippen LogP contribution is -2.32. The Morgan fingerprint density at radius 2 is 2.11 bits per heavy atom. The van der Waals surface area contributed by atoms with E-state index in [1.54, 1.807) is 23.1 Å². The summed E-state index contributed by atoms with van der Waals surface area (Å²) in [5.74, 6) is -1.62. The number of carbonyl (C=O) groups is 3. The summed E-state index contributed by atoms with van der Waals surface area (Å²) in [6.45, 7) is 5.79. The van der Waals surface area contributed by atoms with Gasteiger partial charge in [0, 0.05) is 18.2 Å². The molecule has 27 heavy (non-hydrogen) atoms. The van der Waals surface area contributed by atoms with Crippen molar-refractivity contribution in [2.24, 2.45) is 0 Å². The number of esters is 1. The molecule has 1 aliphatic rings. The third-order valence-corrected chi connectivity index (χ3v) is 4.03. The Bertz CT molecular complexity index is 836. The number of ketones is 1. The fourth-order valence-corrected chi connectivity index (χ4v) is 2.74. The Morgan fingerprint density at radius 3 is 2.78 bits per heavy atom. The largest absolute Gasteiger partial charge is 0.461 e. The first-order valence-corrected chi connectivity index (χ1v) is 8.68. The molecule has 140 valence electrons. The number of hydrogen-bond acceptors (Lipinski definition) is 6. The first kappa shape index (κ1) is 19.9. The topological polar surface area (TPSA) is 99.5 Å². The van der Waals surface area contributed by atoms with Crippen molar-refractivity contribution < 1.29 is 19.1 Å². The number of amides is 1. The molecule has 1 aromatic carbocycles. The number of nitrogens with one attached hydrogen (secondary N) is 1. The van der Waals surface area contributed by atoms with E-state index in [0.717, 1.165) is 18.9 Å². The van der Waals surface area contributed by atoms with Gasteiger partial charge in [0.25, 0.3) is 5.91 Å². The van der Waals surface area contributed by atoms with E-state index < -0.39 is 11.9 Å². The van der Waals surface area contributed by atoms with Crippen molar-refractivity contribution in [3.63, 3.8) is 0 Å². The smallest absolute Gasteiger partial charge is 0.330 e. The van der Waals surface area contributed by atoms with Crippen LogP contribution in [0.25, 0.3) is 0 Å². The summed E-state index contributed by atoms with van der Waals surface area (Å²) in [7, 11) is 0. The van der Waals surface area contributed by atoms with E-state index in [1.165, 1.54) is 0 Å². The van der Waals surface area contributed by atoms with Crippen molar-refractivity contribution in [3.8, 4) is 6.07 Å². The van der Waals surface area contributed by atoms with E-state index in [1.807, 2.05) is 19.1 Å². The van der Waals surface area contributed by atoms with Crippen LogP contribution in [0.5, 0.6) is 0 Å². The lowest BCUT2D eigenvalue weighted by molar-refractivity contribution is -0.138. The second kappa shape index (κ2) is 9.34. The molecule has 7 nitrogen and oxygen atoms in total. The van der Waals surface area contributed by atoms with Crippen LogP contribution < -0.4 is 10.2 Å². The lowest BCUT2D eigenvalue weighted by Gasteiger charge is -2.21. The van der Waals surface area contributed by atoms with Gasteiger partial charge in [-0.1, -0.05) is 32.1 Å². The number of carbonyl (C=O) groups excluding carboxylic acids is 3. The molecule has 0 saturated heterocycles. The van der Waals surface area contributed by atoms with Gasteiger partial charge in [0.2, 0.25) is 5.78 Å². The van der Waals surface area contributed by atoms with Gasteiger partial charge in [-0.25, -0.2) is 4.79 Å². The summed E-state index contributed by atoms with van der Waals surface area (Å²) < 4.78 is 4.78. The van der Waals surface area contributed by atoms with Crippen LogP contribution in [0.15, 0.2) is 48.2 Å². The number of Topliss-reactive ketones (excluding diaryl/α,β-unsaturated/α-hetero) is 1. The zero-order valence-corrected chi connectivity index (χ0v) is 15.2. The molecule has 0 radical (unpaired) electrons. The van der Waals surface area contributed by atoms with Gasteiger partial charge in [0.1, 0.15) is 23.9 Å². The van der Waals surface area contributed by atoms with Crippen LogP contribution in [-0.4, -0.2) is 37.4 Å². The Labute approximate surface area is 157 Å². The Hall–Kier alpha value is -3.40. The minimum atomic E-state index is -0.676. The van der Waals surface area contributed by atoms with Gasteiger partial charge in [0.05, 0.1) is 12.2 Å². The molecule has 7 heteroatoms. The van der Waals surface area contributed by atoms with Crippen LogP contribution in [0.2, 0.25) is 0 Å². The van der Waals surface area contributed by atoms with E-state index in [4.69, 9.17) is 4.74 Å². The Balaban J connectivity index is 2.25. The molecule has 0 aliphatic carbocycles. The van der Waals surface area contributed by atoms with Gasteiger partial charge in [0.15, 0.2) is 0 Å². The van der Waals surface area contributed by atoms with Crippen LogP contribution in [-0.2, 0) is 14.3 Å². The highest BCUT2D eigenvalue weighted by Gasteiger charge is 2.36. The highest BCUT2D eigenvalue weighted by molar-refractivity contribution is 6.23. The molecular formula is C20H21N3O4. The minimum absolute atomic E-state index is 0.0208. The third kappa shape index (κ3) is 4.42. The molecule has 0 saturated carbocycles. The van der Waals surface area contributed by atoms with Crippen molar-refractivity contribution in [2.75, 3.05) is 24.6 Å². The van der Waals surface area contributed by atoms with E-state index in [-0.39, 0.29) is 30.2 Å². The normalized spacial score (nSPS) is 14.2. The number of allylic oxidation sites excluding steroid dienone is 1. The second-order valence-electron chi connectivity index (χ2n) is 5.81. The maximum Gasteiger partial charge on any atom is 0.330 e. The minimum Gasteiger partial charge on any atom is -0.461 e. The van der Waals surface area contributed by atoms with Crippen molar-refractivity contribution in [1.82, 2.24) is 5.32 Å². The van der Waals surface area contributed by atoms with Crippen molar-refractivity contribution >= 4 is 23.3 Å². The van der Waals surface area contributed by atoms with Gasteiger partial charge >= 0.3 is 5.97 Å². The number of nitrogens with zero attached hydrogens (tertiary/aromatic N) is 2.